The number of halogens is 1. The molecule has 0 aromatic heterocycles. The molecule has 104 valence electrons. The average Bonchev–Trinajstić information content (AvgIpc) is 2.38. The van der Waals surface area contributed by atoms with Gasteiger partial charge in [-0.05, 0) is 24.1 Å². The fraction of sp³-hybridized carbons (Fsp3) is 0.385. The molecule has 0 heterocycles. The lowest BCUT2D eigenvalue weighted by atomic mass is 10.0. The Morgan fingerprint density at radius 1 is 1.37 bits per heavy atom. The second-order valence-corrected chi connectivity index (χ2v) is 4.88. The van der Waals surface area contributed by atoms with Crippen molar-refractivity contribution in [3.05, 3.63) is 28.8 Å². The molecule has 0 aliphatic rings. The van der Waals surface area contributed by atoms with Crippen molar-refractivity contribution in [1.82, 2.24) is 0 Å². The molecule has 3 N–H and O–H groups in total. The van der Waals surface area contributed by atoms with Gasteiger partial charge in [-0.3, -0.25) is 4.79 Å². The number of anilines is 1. The number of amides is 1. The smallest absolute Gasteiger partial charge is 0.340 e. The Hall–Kier alpha value is -1.59. The molecule has 5 nitrogen and oxygen atoms in total. The highest BCUT2D eigenvalue weighted by molar-refractivity contribution is 6.31. The van der Waals surface area contributed by atoms with E-state index in [2.05, 4.69) is 10.1 Å². The van der Waals surface area contributed by atoms with E-state index in [0.29, 0.717) is 10.7 Å². The van der Waals surface area contributed by atoms with Crippen LogP contribution < -0.4 is 11.1 Å². The van der Waals surface area contributed by atoms with Crippen molar-refractivity contribution in [1.29, 1.82) is 0 Å². The lowest BCUT2D eigenvalue weighted by molar-refractivity contribution is -0.118. The van der Waals surface area contributed by atoms with Crippen molar-refractivity contribution >= 4 is 29.2 Å². The van der Waals surface area contributed by atoms with Gasteiger partial charge in [0.05, 0.1) is 24.4 Å². The molecule has 1 aromatic rings. The van der Waals surface area contributed by atoms with Gasteiger partial charge in [-0.15, -0.1) is 0 Å². The van der Waals surface area contributed by atoms with Crippen LogP contribution in [0.25, 0.3) is 0 Å². The van der Waals surface area contributed by atoms with E-state index in [9.17, 15) is 9.59 Å². The molecule has 19 heavy (non-hydrogen) atoms. The van der Waals surface area contributed by atoms with Crippen molar-refractivity contribution in [2.75, 3.05) is 12.4 Å². The van der Waals surface area contributed by atoms with Gasteiger partial charge in [0.15, 0.2) is 0 Å². The Kier molecular flexibility index (Phi) is 5.32. The van der Waals surface area contributed by atoms with Crippen LogP contribution in [0.15, 0.2) is 18.2 Å². The van der Waals surface area contributed by atoms with Crippen molar-refractivity contribution < 1.29 is 14.3 Å². The zero-order valence-corrected chi connectivity index (χ0v) is 11.8. The largest absolute Gasteiger partial charge is 0.465 e. The summed E-state index contributed by atoms with van der Waals surface area (Å²) in [6, 6.07) is 3.90. The van der Waals surface area contributed by atoms with E-state index in [1.807, 2.05) is 13.8 Å². The van der Waals surface area contributed by atoms with Gasteiger partial charge in [-0.1, -0.05) is 25.4 Å². The first-order chi connectivity index (χ1) is 8.86. The molecular weight excluding hydrogens is 268 g/mol. The first kappa shape index (κ1) is 15.5. The summed E-state index contributed by atoms with van der Waals surface area (Å²) in [5.74, 6) is -0.938. The van der Waals surface area contributed by atoms with E-state index in [-0.39, 0.29) is 17.4 Å². The number of hydrogen-bond donors (Lipinski definition) is 2. The fourth-order valence-corrected chi connectivity index (χ4v) is 1.60. The molecule has 0 aliphatic carbocycles. The summed E-state index contributed by atoms with van der Waals surface area (Å²) < 4.78 is 4.64. The Morgan fingerprint density at radius 3 is 2.53 bits per heavy atom. The number of carbonyl (C=O) groups excluding carboxylic acids is 2. The van der Waals surface area contributed by atoms with Crippen molar-refractivity contribution in [2.24, 2.45) is 11.7 Å². The lowest BCUT2D eigenvalue weighted by Gasteiger charge is -2.16. The molecule has 1 rings (SSSR count). The van der Waals surface area contributed by atoms with Gasteiger partial charge in [0.25, 0.3) is 0 Å². The summed E-state index contributed by atoms with van der Waals surface area (Å²) in [4.78, 5) is 23.5. The van der Waals surface area contributed by atoms with Crippen molar-refractivity contribution in [2.45, 2.75) is 19.9 Å². The number of carbonyl (C=O) groups is 2. The first-order valence-corrected chi connectivity index (χ1v) is 6.19. The van der Waals surface area contributed by atoms with Gasteiger partial charge in [-0.25, -0.2) is 4.79 Å². The number of nitrogens with two attached hydrogens (primary N) is 1. The number of methoxy groups -OCH3 is 1. The van der Waals surface area contributed by atoms with E-state index in [1.54, 1.807) is 12.1 Å². The third-order valence-corrected chi connectivity index (χ3v) is 2.90. The van der Waals surface area contributed by atoms with Crippen molar-refractivity contribution in [3.63, 3.8) is 0 Å². The first-order valence-electron chi connectivity index (χ1n) is 5.81. The zero-order valence-electron chi connectivity index (χ0n) is 11.1. The third-order valence-electron chi connectivity index (χ3n) is 2.67. The van der Waals surface area contributed by atoms with E-state index in [0.717, 1.165) is 0 Å². The summed E-state index contributed by atoms with van der Waals surface area (Å²) in [5.41, 5.74) is 6.27. The van der Waals surface area contributed by atoms with Gasteiger partial charge in [0.2, 0.25) is 5.91 Å². The maximum absolute atomic E-state index is 11.9. The Labute approximate surface area is 117 Å². The number of hydrogen-bond acceptors (Lipinski definition) is 4. The average molecular weight is 285 g/mol. The molecule has 0 bridgehead atoms. The Morgan fingerprint density at radius 2 is 2.00 bits per heavy atom. The van der Waals surface area contributed by atoms with Gasteiger partial charge in [-0.2, -0.15) is 0 Å². The molecule has 0 radical (unpaired) electrons. The van der Waals surface area contributed by atoms with Gasteiger partial charge in [0, 0.05) is 5.02 Å². The number of rotatable bonds is 4. The Balaban J connectivity index is 3.01. The van der Waals surface area contributed by atoms with E-state index < -0.39 is 12.0 Å². The predicted octanol–water partition coefficient (Wildman–Crippen LogP) is 2.05. The van der Waals surface area contributed by atoms with Crippen LogP contribution in [0.4, 0.5) is 5.69 Å². The molecule has 0 fully saturated rings. The molecule has 0 saturated carbocycles. The molecule has 6 heteroatoms. The second kappa shape index (κ2) is 6.54. The van der Waals surface area contributed by atoms with Crippen LogP contribution in [0.1, 0.15) is 24.2 Å². The zero-order chi connectivity index (χ0) is 14.6. The molecule has 1 aromatic carbocycles. The molecule has 0 saturated heterocycles. The highest BCUT2D eigenvalue weighted by Gasteiger charge is 2.20. The molecule has 1 atom stereocenters. The topological polar surface area (TPSA) is 81.4 Å². The van der Waals surface area contributed by atoms with Crippen LogP contribution in [0.2, 0.25) is 5.02 Å². The summed E-state index contributed by atoms with van der Waals surface area (Å²) in [6.45, 7) is 3.68. The van der Waals surface area contributed by atoms with Gasteiger partial charge in [0.1, 0.15) is 0 Å². The standard InChI is InChI=1S/C13H17ClN2O3/c1-7(2)11(15)12(17)16-10-5-4-8(14)6-9(10)13(18)19-3/h4-7,11H,15H2,1-3H3,(H,16,17). The Bertz CT molecular complexity index is 489. The van der Waals surface area contributed by atoms with Gasteiger partial charge >= 0.3 is 5.97 Å². The summed E-state index contributed by atoms with van der Waals surface area (Å²) >= 11 is 5.82. The minimum absolute atomic E-state index is 0.00567. The summed E-state index contributed by atoms with van der Waals surface area (Å²) in [5, 5.41) is 2.99. The van der Waals surface area contributed by atoms with Crippen molar-refractivity contribution in [3.8, 4) is 0 Å². The summed E-state index contributed by atoms with van der Waals surface area (Å²) in [7, 11) is 1.26. The molecule has 1 amide bonds. The van der Waals surface area contributed by atoms with Gasteiger partial charge < -0.3 is 15.8 Å². The molecule has 0 spiro atoms. The lowest BCUT2D eigenvalue weighted by Crippen LogP contribution is -2.40. The van der Waals surface area contributed by atoms with Crippen LogP contribution in [0.5, 0.6) is 0 Å². The summed E-state index contributed by atoms with van der Waals surface area (Å²) in [6.07, 6.45) is 0. The minimum atomic E-state index is -0.652. The maximum atomic E-state index is 11.9. The van der Waals surface area contributed by atoms with Crippen LogP contribution in [-0.4, -0.2) is 25.0 Å². The number of benzene rings is 1. The molecule has 0 aliphatic heterocycles. The highest BCUT2D eigenvalue weighted by Crippen LogP contribution is 2.22. The normalized spacial score (nSPS) is 12.1. The maximum Gasteiger partial charge on any atom is 0.340 e. The quantitative estimate of drug-likeness (QED) is 0.829. The van der Waals surface area contributed by atoms with Crippen LogP contribution >= 0.6 is 11.6 Å². The SMILES string of the molecule is COC(=O)c1cc(Cl)ccc1NC(=O)C(N)C(C)C. The second-order valence-electron chi connectivity index (χ2n) is 4.44. The number of ether oxygens (including phenoxy) is 1. The van der Waals surface area contributed by atoms with E-state index in [4.69, 9.17) is 17.3 Å². The minimum Gasteiger partial charge on any atom is -0.465 e. The van der Waals surface area contributed by atoms with Crippen LogP contribution in [-0.2, 0) is 9.53 Å². The molecular formula is C13H17ClN2O3. The predicted molar refractivity (Wildman–Crippen MR) is 74.2 cm³/mol. The third kappa shape index (κ3) is 3.94. The number of esters is 1. The molecule has 1 unspecified atom stereocenters. The van der Waals surface area contributed by atoms with Crippen LogP contribution in [0.3, 0.4) is 0 Å². The van der Waals surface area contributed by atoms with E-state index in [1.165, 1.54) is 13.2 Å². The van der Waals surface area contributed by atoms with Crippen LogP contribution in [0, 0.1) is 5.92 Å². The number of nitrogens with one attached hydrogen (secondary N) is 1. The fourth-order valence-electron chi connectivity index (χ4n) is 1.42. The monoisotopic (exact) mass is 284 g/mol. The highest BCUT2D eigenvalue weighted by atomic mass is 35.5. The van der Waals surface area contributed by atoms with E-state index >= 15 is 0 Å².